The van der Waals surface area contributed by atoms with E-state index in [0.29, 0.717) is 16.6 Å². The molecule has 0 amide bonds. The minimum atomic E-state index is -0.285. The Morgan fingerprint density at radius 1 is 1.38 bits per heavy atom. The van der Waals surface area contributed by atoms with Crippen molar-refractivity contribution in [3.05, 3.63) is 63.4 Å². The summed E-state index contributed by atoms with van der Waals surface area (Å²) in [7, 11) is 0. The molecule has 0 saturated heterocycles. The summed E-state index contributed by atoms with van der Waals surface area (Å²) >= 11 is 3.17. The maximum atomic E-state index is 13.4. The van der Waals surface area contributed by atoms with Crippen LogP contribution in [0.3, 0.4) is 0 Å². The minimum Gasteiger partial charge on any atom is -0.409 e. The molecule has 2 rings (SSSR count). The van der Waals surface area contributed by atoms with Crippen LogP contribution in [-0.4, -0.2) is 11.0 Å². The number of hydrogen-bond acceptors (Lipinski definition) is 3. The van der Waals surface area contributed by atoms with Gasteiger partial charge in [0, 0.05) is 17.8 Å². The highest BCUT2D eigenvalue weighted by molar-refractivity contribution is 9.10. The summed E-state index contributed by atoms with van der Waals surface area (Å²) in [6.45, 7) is 2.39. The number of nitrogens with two attached hydrogens (primary N) is 1. The first-order valence-corrected chi connectivity index (χ1v) is 7.07. The zero-order valence-corrected chi connectivity index (χ0v) is 13.0. The minimum absolute atomic E-state index is 0.0672. The number of benzene rings is 2. The van der Waals surface area contributed by atoms with Crippen molar-refractivity contribution < 1.29 is 9.60 Å². The molecule has 0 aliphatic rings. The van der Waals surface area contributed by atoms with Crippen LogP contribution >= 0.6 is 15.9 Å². The Morgan fingerprint density at radius 3 is 2.86 bits per heavy atom. The first kappa shape index (κ1) is 15.3. The Morgan fingerprint density at radius 2 is 2.14 bits per heavy atom. The summed E-state index contributed by atoms with van der Waals surface area (Å²) in [5.74, 6) is -0.218. The lowest BCUT2D eigenvalue weighted by Crippen LogP contribution is -2.13. The highest BCUT2D eigenvalue weighted by atomic mass is 79.9. The van der Waals surface area contributed by atoms with Crippen LogP contribution in [0.1, 0.15) is 16.7 Å². The van der Waals surface area contributed by atoms with Gasteiger partial charge >= 0.3 is 0 Å². The van der Waals surface area contributed by atoms with E-state index in [-0.39, 0.29) is 11.7 Å². The molecule has 2 aromatic carbocycles. The lowest BCUT2D eigenvalue weighted by molar-refractivity contribution is 0.318. The molecule has 0 heterocycles. The third kappa shape index (κ3) is 3.72. The maximum absolute atomic E-state index is 13.4. The van der Waals surface area contributed by atoms with Crippen molar-refractivity contribution in [2.75, 3.05) is 5.32 Å². The Labute approximate surface area is 130 Å². The standard InChI is InChI=1S/C15H15BrFN3O/c1-9-5-13(17)12(16)7-14(9)19-8-10-3-2-4-11(6-10)15(18)20-21/h2-7,19,21H,8H2,1H3,(H2,18,20). The number of halogens is 2. The average Bonchev–Trinajstić information content (AvgIpc) is 2.49. The van der Waals surface area contributed by atoms with E-state index >= 15 is 0 Å². The summed E-state index contributed by atoms with van der Waals surface area (Å²) < 4.78 is 13.8. The van der Waals surface area contributed by atoms with Crippen molar-refractivity contribution in [1.82, 2.24) is 0 Å². The second kappa shape index (κ2) is 6.58. The molecular weight excluding hydrogens is 337 g/mol. The van der Waals surface area contributed by atoms with Gasteiger partial charge in [-0.3, -0.25) is 0 Å². The topological polar surface area (TPSA) is 70.6 Å². The molecule has 0 aromatic heterocycles. The first-order chi connectivity index (χ1) is 10.0. The van der Waals surface area contributed by atoms with Gasteiger partial charge in [0.05, 0.1) is 4.47 Å². The van der Waals surface area contributed by atoms with Crippen molar-refractivity contribution in [2.24, 2.45) is 10.9 Å². The Kier molecular flexibility index (Phi) is 4.80. The van der Waals surface area contributed by atoms with E-state index < -0.39 is 0 Å². The number of rotatable bonds is 4. The third-order valence-corrected chi connectivity index (χ3v) is 3.69. The molecule has 6 heteroatoms. The van der Waals surface area contributed by atoms with Gasteiger partial charge in [0.1, 0.15) is 5.82 Å². The average molecular weight is 352 g/mol. The van der Waals surface area contributed by atoms with Gasteiger partial charge in [-0.15, -0.1) is 0 Å². The van der Waals surface area contributed by atoms with Crippen LogP contribution in [0, 0.1) is 12.7 Å². The molecule has 0 spiro atoms. The number of hydrogen-bond donors (Lipinski definition) is 3. The van der Waals surface area contributed by atoms with Gasteiger partial charge in [0.15, 0.2) is 5.84 Å². The zero-order valence-electron chi connectivity index (χ0n) is 11.4. The largest absolute Gasteiger partial charge is 0.409 e. The van der Waals surface area contributed by atoms with Gasteiger partial charge in [-0.1, -0.05) is 23.4 Å². The van der Waals surface area contributed by atoms with Gasteiger partial charge in [-0.2, -0.15) is 0 Å². The lowest BCUT2D eigenvalue weighted by Gasteiger charge is -2.11. The van der Waals surface area contributed by atoms with Crippen molar-refractivity contribution in [1.29, 1.82) is 0 Å². The van der Waals surface area contributed by atoms with E-state index in [1.165, 1.54) is 6.07 Å². The fraction of sp³-hybridized carbons (Fsp3) is 0.133. The molecule has 0 aliphatic carbocycles. The second-order valence-electron chi connectivity index (χ2n) is 4.62. The summed E-state index contributed by atoms with van der Waals surface area (Å²) in [5, 5.41) is 14.9. The molecule has 0 aliphatic heterocycles. The molecule has 0 saturated carbocycles. The first-order valence-electron chi connectivity index (χ1n) is 6.27. The van der Waals surface area contributed by atoms with E-state index in [1.807, 2.05) is 25.1 Å². The molecule has 110 valence electrons. The fourth-order valence-electron chi connectivity index (χ4n) is 1.93. The van der Waals surface area contributed by atoms with Crippen LogP contribution in [0.15, 0.2) is 46.0 Å². The van der Waals surface area contributed by atoms with Gasteiger partial charge in [0.25, 0.3) is 0 Å². The quantitative estimate of drug-likeness (QED) is 0.341. The molecule has 2 aromatic rings. The van der Waals surface area contributed by atoms with Crippen molar-refractivity contribution >= 4 is 27.5 Å². The van der Waals surface area contributed by atoms with E-state index in [2.05, 4.69) is 26.4 Å². The van der Waals surface area contributed by atoms with Crippen molar-refractivity contribution in [3.63, 3.8) is 0 Å². The maximum Gasteiger partial charge on any atom is 0.170 e. The van der Waals surface area contributed by atoms with Crippen LogP contribution in [-0.2, 0) is 6.54 Å². The monoisotopic (exact) mass is 351 g/mol. The molecule has 4 nitrogen and oxygen atoms in total. The van der Waals surface area contributed by atoms with Crippen LogP contribution < -0.4 is 11.1 Å². The Balaban J connectivity index is 2.15. The molecule has 0 bridgehead atoms. The molecular formula is C15H15BrFN3O. The normalized spacial score (nSPS) is 11.5. The summed E-state index contributed by atoms with van der Waals surface area (Å²) in [6, 6.07) is 10.5. The third-order valence-electron chi connectivity index (χ3n) is 3.08. The fourth-order valence-corrected chi connectivity index (χ4v) is 2.28. The van der Waals surface area contributed by atoms with E-state index in [4.69, 9.17) is 10.9 Å². The van der Waals surface area contributed by atoms with Crippen LogP contribution in [0.4, 0.5) is 10.1 Å². The lowest BCUT2D eigenvalue weighted by atomic mass is 10.1. The van der Waals surface area contributed by atoms with E-state index in [1.54, 1.807) is 12.1 Å². The number of nitrogens with zero attached hydrogens (tertiary/aromatic N) is 1. The number of oxime groups is 1. The Hall–Kier alpha value is -2.08. The zero-order chi connectivity index (χ0) is 15.4. The van der Waals surface area contributed by atoms with Crippen molar-refractivity contribution in [2.45, 2.75) is 13.5 Å². The molecule has 0 radical (unpaired) electrons. The number of anilines is 1. The highest BCUT2D eigenvalue weighted by Crippen LogP contribution is 2.24. The number of aryl methyl sites for hydroxylation is 1. The van der Waals surface area contributed by atoms with Gasteiger partial charge in [-0.05, 0) is 52.2 Å². The van der Waals surface area contributed by atoms with Gasteiger partial charge in [-0.25, -0.2) is 4.39 Å². The van der Waals surface area contributed by atoms with Gasteiger partial charge in [0.2, 0.25) is 0 Å². The van der Waals surface area contributed by atoms with Crippen molar-refractivity contribution in [3.8, 4) is 0 Å². The Bertz CT molecular complexity index is 689. The number of amidine groups is 1. The summed E-state index contributed by atoms with van der Waals surface area (Å²) in [6.07, 6.45) is 0. The number of nitrogens with one attached hydrogen (secondary N) is 1. The smallest absolute Gasteiger partial charge is 0.170 e. The van der Waals surface area contributed by atoms with Gasteiger partial charge < -0.3 is 16.3 Å². The predicted octanol–water partition coefficient (Wildman–Crippen LogP) is 3.60. The van der Waals surface area contributed by atoms with Crippen LogP contribution in [0.25, 0.3) is 0 Å². The van der Waals surface area contributed by atoms with E-state index in [9.17, 15) is 4.39 Å². The predicted molar refractivity (Wildman–Crippen MR) is 85.1 cm³/mol. The molecule has 4 N–H and O–H groups in total. The molecule has 0 fully saturated rings. The summed E-state index contributed by atoms with van der Waals surface area (Å²) in [5.41, 5.74) is 8.85. The molecule has 21 heavy (non-hydrogen) atoms. The van der Waals surface area contributed by atoms with Crippen LogP contribution in [0.2, 0.25) is 0 Å². The highest BCUT2D eigenvalue weighted by Gasteiger charge is 2.06. The van der Waals surface area contributed by atoms with Crippen LogP contribution in [0.5, 0.6) is 0 Å². The SMILES string of the molecule is Cc1cc(F)c(Br)cc1NCc1cccc(/C(N)=N/O)c1. The summed E-state index contributed by atoms with van der Waals surface area (Å²) in [4.78, 5) is 0. The second-order valence-corrected chi connectivity index (χ2v) is 5.47. The molecule has 0 atom stereocenters. The molecule has 0 unspecified atom stereocenters. The van der Waals surface area contributed by atoms with E-state index in [0.717, 1.165) is 16.8 Å².